The highest BCUT2D eigenvalue weighted by Crippen LogP contribution is 2.40. The lowest BCUT2D eigenvalue weighted by Gasteiger charge is -2.16. The molecule has 2 rings (SSSR count). The number of benzene rings is 1. The molecule has 104 valence electrons. The highest BCUT2D eigenvalue weighted by molar-refractivity contribution is 6.32. The van der Waals surface area contributed by atoms with E-state index in [0.717, 1.165) is 11.8 Å². The van der Waals surface area contributed by atoms with Crippen LogP contribution in [-0.4, -0.2) is 20.0 Å². The molecule has 0 aromatic heterocycles. The van der Waals surface area contributed by atoms with Crippen molar-refractivity contribution in [2.75, 3.05) is 13.7 Å². The van der Waals surface area contributed by atoms with Crippen LogP contribution in [0, 0.1) is 5.92 Å². The van der Waals surface area contributed by atoms with Crippen molar-refractivity contribution in [3.05, 3.63) is 22.7 Å². The Labute approximate surface area is 118 Å². The first-order valence-electron chi connectivity index (χ1n) is 6.59. The van der Waals surface area contributed by atoms with Gasteiger partial charge in [0.15, 0.2) is 11.5 Å². The Morgan fingerprint density at radius 2 is 2.21 bits per heavy atom. The first-order valence-corrected chi connectivity index (χ1v) is 6.97. The monoisotopic (exact) mass is 282 g/mol. The number of carbonyl (C=O) groups is 1. The van der Waals surface area contributed by atoms with E-state index in [0.29, 0.717) is 35.5 Å². The molecule has 3 nitrogen and oxygen atoms in total. The molecule has 1 aliphatic carbocycles. The Hall–Kier alpha value is -1.22. The van der Waals surface area contributed by atoms with Gasteiger partial charge in [0, 0.05) is 6.42 Å². The van der Waals surface area contributed by atoms with Gasteiger partial charge in [-0.15, -0.1) is 0 Å². The normalized spacial score (nSPS) is 15.9. The molecule has 1 aromatic rings. The van der Waals surface area contributed by atoms with E-state index in [1.54, 1.807) is 7.11 Å². The number of rotatable bonds is 7. The number of hydrogen-bond acceptors (Lipinski definition) is 3. The smallest absolute Gasteiger partial charge is 0.179 e. The molecule has 0 saturated heterocycles. The fourth-order valence-corrected chi connectivity index (χ4v) is 2.20. The molecular formula is C15H19ClO3. The minimum absolute atomic E-state index is 0.126. The minimum Gasteiger partial charge on any atom is -0.493 e. The summed E-state index contributed by atoms with van der Waals surface area (Å²) in [6.07, 6.45) is 3.85. The molecule has 1 aliphatic rings. The minimum atomic E-state index is 0.126. The molecule has 1 fully saturated rings. The summed E-state index contributed by atoms with van der Waals surface area (Å²) < 4.78 is 11.1. The van der Waals surface area contributed by atoms with Crippen LogP contribution in [0.3, 0.4) is 0 Å². The van der Waals surface area contributed by atoms with E-state index in [1.807, 2.05) is 19.1 Å². The van der Waals surface area contributed by atoms with Crippen LogP contribution in [0.25, 0.3) is 0 Å². The lowest BCUT2D eigenvalue weighted by Crippen LogP contribution is -2.03. The number of ether oxygens (including phenoxy) is 2. The fraction of sp³-hybridized carbons (Fsp3) is 0.533. The summed E-state index contributed by atoms with van der Waals surface area (Å²) in [4.78, 5) is 10.6. The van der Waals surface area contributed by atoms with Crippen molar-refractivity contribution in [1.82, 2.24) is 0 Å². The van der Waals surface area contributed by atoms with Gasteiger partial charge in [0.2, 0.25) is 0 Å². The van der Waals surface area contributed by atoms with Gasteiger partial charge >= 0.3 is 0 Å². The van der Waals surface area contributed by atoms with Gasteiger partial charge in [-0.3, -0.25) is 0 Å². The molecule has 0 aliphatic heterocycles. The summed E-state index contributed by atoms with van der Waals surface area (Å²) in [6.45, 7) is 2.68. The summed E-state index contributed by atoms with van der Waals surface area (Å²) in [5, 5.41) is 0.549. The molecule has 19 heavy (non-hydrogen) atoms. The van der Waals surface area contributed by atoms with E-state index >= 15 is 0 Å². The van der Waals surface area contributed by atoms with E-state index in [1.165, 1.54) is 12.8 Å². The van der Waals surface area contributed by atoms with Crippen LogP contribution in [0.4, 0.5) is 0 Å². The average Bonchev–Trinajstić information content (AvgIpc) is 3.20. The van der Waals surface area contributed by atoms with Gasteiger partial charge in [0.05, 0.1) is 18.7 Å². The Kier molecular flexibility index (Phi) is 4.70. The van der Waals surface area contributed by atoms with Crippen molar-refractivity contribution >= 4 is 17.9 Å². The number of halogens is 1. The molecule has 0 bridgehead atoms. The van der Waals surface area contributed by atoms with E-state index in [4.69, 9.17) is 21.1 Å². The molecule has 0 spiro atoms. The third-order valence-electron chi connectivity index (χ3n) is 3.43. The quantitative estimate of drug-likeness (QED) is 0.713. The van der Waals surface area contributed by atoms with Crippen molar-refractivity contribution in [1.29, 1.82) is 0 Å². The van der Waals surface area contributed by atoms with Gasteiger partial charge in [-0.1, -0.05) is 18.5 Å². The molecule has 0 N–H and O–H groups in total. The van der Waals surface area contributed by atoms with Crippen LogP contribution < -0.4 is 9.47 Å². The highest BCUT2D eigenvalue weighted by Gasteiger charge is 2.23. The van der Waals surface area contributed by atoms with Gasteiger partial charge < -0.3 is 14.3 Å². The zero-order valence-electron chi connectivity index (χ0n) is 11.3. The number of carbonyl (C=O) groups excluding carboxylic acids is 1. The van der Waals surface area contributed by atoms with Crippen LogP contribution in [0.15, 0.2) is 12.1 Å². The van der Waals surface area contributed by atoms with E-state index in [2.05, 4.69) is 0 Å². The SMILES string of the molecule is COc1cc(C(C)CC=O)cc(Cl)c1OCC1CC1. The first kappa shape index (κ1) is 14.2. The first-order chi connectivity index (χ1) is 9.15. The molecule has 1 saturated carbocycles. The molecule has 0 radical (unpaired) electrons. The molecule has 0 amide bonds. The lowest BCUT2D eigenvalue weighted by atomic mass is 9.98. The van der Waals surface area contributed by atoms with Gasteiger partial charge in [-0.2, -0.15) is 0 Å². The van der Waals surface area contributed by atoms with Crippen LogP contribution >= 0.6 is 11.6 Å². The van der Waals surface area contributed by atoms with Crippen molar-refractivity contribution < 1.29 is 14.3 Å². The Morgan fingerprint density at radius 1 is 1.47 bits per heavy atom. The zero-order valence-corrected chi connectivity index (χ0v) is 12.1. The van der Waals surface area contributed by atoms with E-state index in [9.17, 15) is 4.79 Å². The number of methoxy groups -OCH3 is 1. The maximum absolute atomic E-state index is 10.6. The fourth-order valence-electron chi connectivity index (χ4n) is 1.93. The Morgan fingerprint density at radius 3 is 2.79 bits per heavy atom. The maximum Gasteiger partial charge on any atom is 0.179 e. The second-order valence-corrected chi connectivity index (χ2v) is 5.50. The molecular weight excluding hydrogens is 264 g/mol. The van der Waals surface area contributed by atoms with Crippen molar-refractivity contribution in [3.8, 4) is 11.5 Å². The van der Waals surface area contributed by atoms with Gasteiger partial charge in [0.25, 0.3) is 0 Å². The zero-order chi connectivity index (χ0) is 13.8. The van der Waals surface area contributed by atoms with Crippen molar-refractivity contribution in [2.45, 2.75) is 32.1 Å². The third kappa shape index (κ3) is 3.63. The number of hydrogen-bond donors (Lipinski definition) is 0. The second kappa shape index (κ2) is 6.29. The topological polar surface area (TPSA) is 35.5 Å². The van der Waals surface area contributed by atoms with Crippen LogP contribution in [0.5, 0.6) is 11.5 Å². The summed E-state index contributed by atoms with van der Waals surface area (Å²) in [6, 6.07) is 3.77. The molecule has 4 heteroatoms. The summed E-state index contributed by atoms with van der Waals surface area (Å²) in [5.41, 5.74) is 0.993. The largest absolute Gasteiger partial charge is 0.493 e. The van der Waals surface area contributed by atoms with E-state index in [-0.39, 0.29) is 5.92 Å². The van der Waals surface area contributed by atoms with Gasteiger partial charge in [-0.25, -0.2) is 0 Å². The predicted octanol–water partition coefficient (Wildman–Crippen LogP) is 3.83. The average molecular weight is 283 g/mol. The summed E-state index contributed by atoms with van der Waals surface area (Å²) >= 11 is 6.27. The Balaban J connectivity index is 2.20. The molecule has 1 atom stereocenters. The number of aldehydes is 1. The summed E-state index contributed by atoms with van der Waals surface area (Å²) in [5.74, 6) is 2.04. The maximum atomic E-state index is 10.6. The standard InChI is InChI=1S/C15H19ClO3/c1-10(5-6-17)12-7-13(16)15(14(8-12)18-2)19-9-11-3-4-11/h6-8,10-11H,3-5,9H2,1-2H3. The Bertz CT molecular complexity index is 455. The lowest BCUT2D eigenvalue weighted by molar-refractivity contribution is -0.108. The van der Waals surface area contributed by atoms with Crippen molar-refractivity contribution in [2.24, 2.45) is 5.92 Å². The van der Waals surface area contributed by atoms with Crippen molar-refractivity contribution in [3.63, 3.8) is 0 Å². The second-order valence-electron chi connectivity index (χ2n) is 5.09. The highest BCUT2D eigenvalue weighted by atomic mass is 35.5. The van der Waals surface area contributed by atoms with E-state index < -0.39 is 0 Å². The van der Waals surface area contributed by atoms with Gasteiger partial charge in [0.1, 0.15) is 6.29 Å². The van der Waals surface area contributed by atoms with Gasteiger partial charge in [-0.05, 0) is 42.4 Å². The molecule has 0 heterocycles. The molecule has 1 aromatic carbocycles. The third-order valence-corrected chi connectivity index (χ3v) is 3.71. The van der Waals surface area contributed by atoms with Crippen LogP contribution in [0.2, 0.25) is 5.02 Å². The van der Waals surface area contributed by atoms with Crippen LogP contribution in [-0.2, 0) is 4.79 Å². The molecule has 1 unspecified atom stereocenters. The van der Waals surface area contributed by atoms with Crippen LogP contribution in [0.1, 0.15) is 37.7 Å². The predicted molar refractivity (Wildman–Crippen MR) is 75.3 cm³/mol. The summed E-state index contributed by atoms with van der Waals surface area (Å²) in [7, 11) is 1.60.